The normalized spacial score (nSPS) is 20.7. The summed E-state index contributed by atoms with van der Waals surface area (Å²) in [5, 5.41) is 8.74. The van der Waals surface area contributed by atoms with Crippen molar-refractivity contribution < 1.29 is 4.74 Å². The van der Waals surface area contributed by atoms with Gasteiger partial charge in [0.05, 0.1) is 17.6 Å². The standard InChI is InChI=1S/C17H19N5O/c1-22-17-13(10-20-22)16(18-11-19-17)21-14-8-5-9-15(14)23-12-6-3-2-4-7-12/h2-4,6-7,10-11,14-15H,5,8-9H2,1H3,(H,18,19,21)/t14-,15+/m0/s1. The first-order valence-corrected chi connectivity index (χ1v) is 7.92. The predicted octanol–water partition coefficient (Wildman–Crippen LogP) is 2.78. The fraction of sp³-hybridized carbons (Fsp3) is 0.353. The Balaban J connectivity index is 1.55. The van der Waals surface area contributed by atoms with E-state index in [4.69, 9.17) is 4.74 Å². The van der Waals surface area contributed by atoms with Crippen molar-refractivity contribution in [1.82, 2.24) is 19.7 Å². The molecule has 1 N–H and O–H groups in total. The quantitative estimate of drug-likeness (QED) is 0.803. The van der Waals surface area contributed by atoms with E-state index >= 15 is 0 Å². The Hall–Kier alpha value is -2.63. The van der Waals surface area contributed by atoms with Gasteiger partial charge in [0.2, 0.25) is 0 Å². The van der Waals surface area contributed by atoms with Crippen molar-refractivity contribution in [2.45, 2.75) is 31.4 Å². The van der Waals surface area contributed by atoms with Gasteiger partial charge in [-0.3, -0.25) is 4.68 Å². The van der Waals surface area contributed by atoms with E-state index in [0.29, 0.717) is 0 Å². The molecule has 0 amide bonds. The third kappa shape index (κ3) is 2.72. The Bertz CT molecular complexity index is 801. The first-order chi connectivity index (χ1) is 11.3. The molecule has 0 unspecified atom stereocenters. The van der Waals surface area contributed by atoms with Crippen LogP contribution in [0.1, 0.15) is 19.3 Å². The lowest BCUT2D eigenvalue weighted by molar-refractivity contribution is 0.198. The van der Waals surface area contributed by atoms with Gasteiger partial charge in [-0.25, -0.2) is 9.97 Å². The van der Waals surface area contributed by atoms with Gasteiger partial charge in [-0.2, -0.15) is 5.10 Å². The number of aromatic nitrogens is 4. The first-order valence-electron chi connectivity index (χ1n) is 7.92. The van der Waals surface area contributed by atoms with Gasteiger partial charge in [-0.1, -0.05) is 18.2 Å². The molecule has 0 saturated heterocycles. The number of hydrogen-bond acceptors (Lipinski definition) is 5. The van der Waals surface area contributed by atoms with Gasteiger partial charge in [0.15, 0.2) is 5.65 Å². The largest absolute Gasteiger partial charge is 0.488 e. The van der Waals surface area contributed by atoms with Crippen LogP contribution in [0, 0.1) is 0 Å². The van der Waals surface area contributed by atoms with Gasteiger partial charge < -0.3 is 10.1 Å². The summed E-state index contributed by atoms with van der Waals surface area (Å²) in [6, 6.07) is 10.2. The molecular formula is C17H19N5O. The number of nitrogens with zero attached hydrogens (tertiary/aromatic N) is 4. The van der Waals surface area contributed by atoms with Crippen LogP contribution >= 0.6 is 0 Å². The molecular weight excluding hydrogens is 290 g/mol. The number of fused-ring (bicyclic) bond motifs is 1. The fourth-order valence-electron chi connectivity index (χ4n) is 3.16. The molecule has 1 fully saturated rings. The highest BCUT2D eigenvalue weighted by Gasteiger charge is 2.29. The zero-order valence-corrected chi connectivity index (χ0v) is 13.0. The van der Waals surface area contributed by atoms with Gasteiger partial charge in [-0.15, -0.1) is 0 Å². The molecule has 0 bridgehead atoms. The summed E-state index contributed by atoms with van der Waals surface area (Å²) in [5.41, 5.74) is 0.834. The molecule has 2 heterocycles. The second-order valence-corrected chi connectivity index (χ2v) is 5.88. The smallest absolute Gasteiger partial charge is 0.163 e. The van der Waals surface area contributed by atoms with Gasteiger partial charge in [0, 0.05) is 7.05 Å². The van der Waals surface area contributed by atoms with E-state index in [0.717, 1.165) is 41.9 Å². The predicted molar refractivity (Wildman–Crippen MR) is 88.4 cm³/mol. The minimum absolute atomic E-state index is 0.152. The third-order valence-electron chi connectivity index (χ3n) is 4.33. The maximum Gasteiger partial charge on any atom is 0.163 e. The summed E-state index contributed by atoms with van der Waals surface area (Å²) in [6.07, 6.45) is 6.81. The monoisotopic (exact) mass is 309 g/mol. The lowest BCUT2D eigenvalue weighted by Gasteiger charge is -2.23. The Kier molecular flexibility index (Phi) is 3.57. The number of para-hydroxylation sites is 1. The lowest BCUT2D eigenvalue weighted by atomic mass is 10.2. The summed E-state index contributed by atoms with van der Waals surface area (Å²) in [4.78, 5) is 8.67. The molecule has 0 spiro atoms. The maximum absolute atomic E-state index is 6.15. The summed E-state index contributed by atoms with van der Waals surface area (Å²) >= 11 is 0. The Morgan fingerprint density at radius 1 is 1.17 bits per heavy atom. The highest BCUT2D eigenvalue weighted by Crippen LogP contribution is 2.28. The Morgan fingerprint density at radius 2 is 2.04 bits per heavy atom. The van der Waals surface area contributed by atoms with E-state index < -0.39 is 0 Å². The molecule has 2 atom stereocenters. The average molecular weight is 309 g/mol. The molecule has 0 aliphatic heterocycles. The zero-order chi connectivity index (χ0) is 15.6. The Labute approximate surface area is 134 Å². The number of rotatable bonds is 4. The van der Waals surface area contributed by atoms with Crippen LogP contribution in [0.25, 0.3) is 11.0 Å². The Morgan fingerprint density at radius 3 is 2.91 bits per heavy atom. The van der Waals surface area contributed by atoms with Crippen molar-refractivity contribution in [3.8, 4) is 5.75 Å². The van der Waals surface area contributed by atoms with E-state index in [1.807, 2.05) is 37.4 Å². The molecule has 1 aliphatic rings. The average Bonchev–Trinajstić information content (AvgIpc) is 3.17. The van der Waals surface area contributed by atoms with Crippen LogP contribution in [0.15, 0.2) is 42.9 Å². The summed E-state index contributed by atoms with van der Waals surface area (Å²) < 4.78 is 7.91. The minimum Gasteiger partial charge on any atom is -0.488 e. The number of nitrogens with one attached hydrogen (secondary N) is 1. The highest BCUT2D eigenvalue weighted by molar-refractivity contribution is 5.86. The number of anilines is 1. The van der Waals surface area contributed by atoms with Crippen molar-refractivity contribution in [2.24, 2.45) is 7.05 Å². The number of hydrogen-bond donors (Lipinski definition) is 1. The molecule has 1 saturated carbocycles. The molecule has 3 aromatic rings. The van der Waals surface area contributed by atoms with Crippen LogP contribution in [-0.2, 0) is 7.05 Å². The molecule has 6 heteroatoms. The number of benzene rings is 1. The summed E-state index contributed by atoms with van der Waals surface area (Å²) in [7, 11) is 1.88. The maximum atomic E-state index is 6.15. The van der Waals surface area contributed by atoms with E-state index in [-0.39, 0.29) is 12.1 Å². The summed E-state index contributed by atoms with van der Waals surface area (Å²) in [6.45, 7) is 0. The van der Waals surface area contributed by atoms with Gasteiger partial charge in [-0.05, 0) is 31.4 Å². The molecule has 6 nitrogen and oxygen atoms in total. The summed E-state index contributed by atoms with van der Waals surface area (Å²) in [5.74, 6) is 1.75. The van der Waals surface area contributed by atoms with Crippen LogP contribution in [-0.4, -0.2) is 31.9 Å². The lowest BCUT2D eigenvalue weighted by Crippen LogP contribution is -2.33. The minimum atomic E-state index is 0.152. The number of ether oxygens (including phenoxy) is 1. The molecule has 1 aliphatic carbocycles. The molecule has 4 rings (SSSR count). The van der Waals surface area contributed by atoms with Crippen LogP contribution in [0.4, 0.5) is 5.82 Å². The van der Waals surface area contributed by atoms with Crippen molar-refractivity contribution in [1.29, 1.82) is 0 Å². The van der Waals surface area contributed by atoms with E-state index in [1.165, 1.54) is 0 Å². The molecule has 1 aromatic carbocycles. The topological polar surface area (TPSA) is 64.9 Å². The highest BCUT2D eigenvalue weighted by atomic mass is 16.5. The number of aryl methyl sites for hydroxylation is 1. The molecule has 118 valence electrons. The third-order valence-corrected chi connectivity index (χ3v) is 4.33. The van der Waals surface area contributed by atoms with Crippen LogP contribution in [0.2, 0.25) is 0 Å². The van der Waals surface area contributed by atoms with Crippen LogP contribution < -0.4 is 10.1 Å². The van der Waals surface area contributed by atoms with E-state index in [2.05, 4.69) is 20.4 Å². The molecule has 23 heavy (non-hydrogen) atoms. The van der Waals surface area contributed by atoms with Gasteiger partial charge >= 0.3 is 0 Å². The van der Waals surface area contributed by atoms with Crippen molar-refractivity contribution in [2.75, 3.05) is 5.32 Å². The zero-order valence-electron chi connectivity index (χ0n) is 13.0. The van der Waals surface area contributed by atoms with E-state index in [1.54, 1.807) is 17.2 Å². The SMILES string of the molecule is Cn1ncc2c(N[C@H]3CCC[C@H]3Oc3ccccc3)ncnc21. The first kappa shape index (κ1) is 14.0. The van der Waals surface area contributed by atoms with Crippen molar-refractivity contribution >= 4 is 16.9 Å². The molecule has 2 aromatic heterocycles. The second-order valence-electron chi connectivity index (χ2n) is 5.88. The van der Waals surface area contributed by atoms with Gasteiger partial charge in [0.25, 0.3) is 0 Å². The van der Waals surface area contributed by atoms with Crippen molar-refractivity contribution in [3.63, 3.8) is 0 Å². The van der Waals surface area contributed by atoms with Crippen LogP contribution in [0.5, 0.6) is 5.75 Å². The van der Waals surface area contributed by atoms with E-state index in [9.17, 15) is 0 Å². The van der Waals surface area contributed by atoms with Crippen LogP contribution in [0.3, 0.4) is 0 Å². The fourth-order valence-corrected chi connectivity index (χ4v) is 3.16. The van der Waals surface area contributed by atoms with Gasteiger partial charge in [0.1, 0.15) is 24.0 Å². The molecule has 0 radical (unpaired) electrons. The van der Waals surface area contributed by atoms with Crippen molar-refractivity contribution in [3.05, 3.63) is 42.9 Å². The second kappa shape index (κ2) is 5.87.